The molecule has 0 amide bonds. The van der Waals surface area contributed by atoms with Crippen LogP contribution in [0, 0.1) is 41.8 Å². The van der Waals surface area contributed by atoms with Gasteiger partial charge in [0.2, 0.25) is 0 Å². The van der Waals surface area contributed by atoms with E-state index in [-0.39, 0.29) is 21.7 Å². The molecule has 0 saturated heterocycles. The van der Waals surface area contributed by atoms with Crippen LogP contribution in [-0.2, 0) is 6.11 Å². The Morgan fingerprint density at radius 3 is 2.00 bits per heavy atom. The van der Waals surface area contributed by atoms with Gasteiger partial charge in [-0.25, -0.2) is 31.3 Å². The SMILES string of the molecule is Cc1cc(F)c(C(F)(F)Oc2ccc(-c3ccc4nc(-c5cc(F)c(F)c(F)c5)sc4c3)c(F)c2)c(F)c1. The molecule has 38 heavy (non-hydrogen) atoms. The molecule has 0 radical (unpaired) electrons. The lowest BCUT2D eigenvalue weighted by Gasteiger charge is -2.20. The van der Waals surface area contributed by atoms with E-state index in [1.54, 1.807) is 0 Å². The van der Waals surface area contributed by atoms with Crippen molar-refractivity contribution in [3.63, 3.8) is 0 Å². The number of fused-ring (bicyclic) bond motifs is 1. The molecule has 1 aromatic heterocycles. The molecule has 5 aromatic rings. The van der Waals surface area contributed by atoms with Gasteiger partial charge in [0, 0.05) is 17.2 Å². The normalized spacial score (nSPS) is 11.8. The maximum atomic E-state index is 14.9. The van der Waals surface area contributed by atoms with Gasteiger partial charge in [-0.3, -0.25) is 0 Å². The van der Waals surface area contributed by atoms with E-state index in [9.17, 15) is 35.1 Å². The third-order valence-electron chi connectivity index (χ3n) is 5.59. The number of halogens is 8. The van der Waals surface area contributed by atoms with Crippen molar-refractivity contribution in [1.29, 1.82) is 0 Å². The molecule has 0 bridgehead atoms. The Hall–Kier alpha value is -3.99. The van der Waals surface area contributed by atoms with E-state index < -0.39 is 52.3 Å². The Bertz CT molecular complexity index is 1670. The second kappa shape index (κ2) is 9.39. The summed E-state index contributed by atoms with van der Waals surface area (Å²) < 4.78 is 118. The summed E-state index contributed by atoms with van der Waals surface area (Å²) >= 11 is 1.02. The standard InChI is InChI=1S/C27H13F8NOS/c1-12-6-18(29)24(19(30)7-12)27(34,35)37-15-3-4-16(17(28)11-15)13-2-5-22-23(10-13)38-26(36-22)14-8-20(31)25(33)21(32)9-14/h2-11H,1H3. The molecule has 0 saturated carbocycles. The third-order valence-corrected chi connectivity index (χ3v) is 6.66. The molecule has 1 heterocycles. The number of hydrogen-bond acceptors (Lipinski definition) is 3. The van der Waals surface area contributed by atoms with Gasteiger partial charge in [-0.15, -0.1) is 11.3 Å². The molecule has 5 rings (SSSR count). The minimum absolute atomic E-state index is 0.0101. The number of ether oxygens (including phenoxy) is 1. The smallest absolute Gasteiger partial charge is 0.429 e. The Morgan fingerprint density at radius 2 is 1.37 bits per heavy atom. The predicted octanol–water partition coefficient (Wildman–Crippen LogP) is 8.90. The minimum atomic E-state index is -4.42. The fraction of sp³-hybridized carbons (Fsp3) is 0.0741. The highest BCUT2D eigenvalue weighted by Gasteiger charge is 2.41. The Kier molecular flexibility index (Phi) is 6.34. The van der Waals surface area contributed by atoms with Gasteiger partial charge in [0.1, 0.15) is 33.8 Å². The fourth-order valence-corrected chi connectivity index (χ4v) is 4.86. The summed E-state index contributed by atoms with van der Waals surface area (Å²) in [5.74, 6) is -9.00. The molecule has 4 aromatic carbocycles. The van der Waals surface area contributed by atoms with E-state index >= 15 is 0 Å². The number of aromatic nitrogens is 1. The van der Waals surface area contributed by atoms with Gasteiger partial charge < -0.3 is 4.74 Å². The molecular weight excluding hydrogens is 538 g/mol. The monoisotopic (exact) mass is 551 g/mol. The summed E-state index contributed by atoms with van der Waals surface area (Å²) in [6.07, 6.45) is -4.42. The Balaban J connectivity index is 1.44. The molecule has 2 nitrogen and oxygen atoms in total. The topological polar surface area (TPSA) is 22.1 Å². The molecule has 194 valence electrons. The van der Waals surface area contributed by atoms with Crippen molar-refractivity contribution in [3.05, 3.63) is 107 Å². The first-order valence-electron chi connectivity index (χ1n) is 10.8. The van der Waals surface area contributed by atoms with Crippen molar-refractivity contribution in [2.45, 2.75) is 13.0 Å². The molecule has 0 aliphatic carbocycles. The van der Waals surface area contributed by atoms with Gasteiger partial charge in [0.15, 0.2) is 17.5 Å². The number of aryl methyl sites for hydroxylation is 1. The van der Waals surface area contributed by atoms with Gasteiger partial charge in [-0.05, 0) is 66.6 Å². The average molecular weight is 551 g/mol. The van der Waals surface area contributed by atoms with Crippen LogP contribution in [0.4, 0.5) is 35.1 Å². The second-order valence-corrected chi connectivity index (χ2v) is 9.35. The van der Waals surface area contributed by atoms with E-state index in [4.69, 9.17) is 0 Å². The van der Waals surface area contributed by atoms with Gasteiger partial charge in [-0.1, -0.05) is 6.07 Å². The van der Waals surface area contributed by atoms with E-state index in [2.05, 4.69) is 9.72 Å². The highest BCUT2D eigenvalue weighted by Crippen LogP contribution is 2.38. The van der Waals surface area contributed by atoms with Crippen molar-refractivity contribution in [2.75, 3.05) is 0 Å². The van der Waals surface area contributed by atoms with E-state index in [1.807, 2.05) is 0 Å². The minimum Gasteiger partial charge on any atom is -0.429 e. The van der Waals surface area contributed by atoms with Crippen LogP contribution >= 0.6 is 11.3 Å². The molecule has 11 heteroatoms. The molecule has 0 aliphatic rings. The fourth-order valence-electron chi connectivity index (χ4n) is 3.86. The van der Waals surface area contributed by atoms with Crippen LogP contribution in [0.25, 0.3) is 31.9 Å². The Labute approximate surface area is 213 Å². The lowest BCUT2D eigenvalue weighted by atomic mass is 10.0. The first-order valence-corrected chi connectivity index (χ1v) is 11.6. The van der Waals surface area contributed by atoms with E-state index in [0.29, 0.717) is 21.8 Å². The van der Waals surface area contributed by atoms with Crippen LogP contribution in [0.5, 0.6) is 5.75 Å². The number of alkyl halides is 2. The summed E-state index contributed by atoms with van der Waals surface area (Å²) in [6.45, 7) is 1.33. The van der Waals surface area contributed by atoms with Gasteiger partial charge >= 0.3 is 6.11 Å². The lowest BCUT2D eigenvalue weighted by molar-refractivity contribution is -0.189. The summed E-state index contributed by atoms with van der Waals surface area (Å²) in [4.78, 5) is 4.26. The largest absolute Gasteiger partial charge is 0.432 e. The van der Waals surface area contributed by atoms with Crippen LogP contribution in [0.1, 0.15) is 11.1 Å². The molecule has 0 aliphatic heterocycles. The average Bonchev–Trinajstić information content (AvgIpc) is 3.24. The zero-order chi connectivity index (χ0) is 27.4. The van der Waals surface area contributed by atoms with Crippen molar-refractivity contribution >= 4 is 21.6 Å². The highest BCUT2D eigenvalue weighted by atomic mass is 32.1. The van der Waals surface area contributed by atoms with Crippen molar-refractivity contribution in [3.8, 4) is 27.4 Å². The summed E-state index contributed by atoms with van der Waals surface area (Å²) in [6, 6.07) is 10.4. The van der Waals surface area contributed by atoms with Crippen LogP contribution < -0.4 is 4.74 Å². The van der Waals surface area contributed by atoms with Crippen molar-refractivity contribution in [2.24, 2.45) is 0 Å². The van der Waals surface area contributed by atoms with Crippen molar-refractivity contribution < 1.29 is 39.9 Å². The molecule has 0 fully saturated rings. The van der Waals surface area contributed by atoms with Gasteiger partial charge in [-0.2, -0.15) is 8.78 Å². The number of hydrogen-bond donors (Lipinski definition) is 0. The number of nitrogens with zero attached hydrogens (tertiary/aromatic N) is 1. The van der Waals surface area contributed by atoms with E-state index in [1.165, 1.54) is 25.1 Å². The van der Waals surface area contributed by atoms with Crippen LogP contribution in [0.15, 0.2) is 60.7 Å². The predicted molar refractivity (Wildman–Crippen MR) is 126 cm³/mol. The van der Waals surface area contributed by atoms with Gasteiger partial charge in [0.05, 0.1) is 10.2 Å². The maximum absolute atomic E-state index is 14.9. The van der Waals surface area contributed by atoms with Gasteiger partial charge in [0.25, 0.3) is 0 Å². The maximum Gasteiger partial charge on any atom is 0.432 e. The summed E-state index contributed by atoms with van der Waals surface area (Å²) in [5.41, 5.74) is -0.767. The second-order valence-electron chi connectivity index (χ2n) is 8.32. The summed E-state index contributed by atoms with van der Waals surface area (Å²) in [7, 11) is 0. The Morgan fingerprint density at radius 1 is 0.711 bits per heavy atom. The number of thiazole rings is 1. The molecule has 0 atom stereocenters. The lowest BCUT2D eigenvalue weighted by Crippen LogP contribution is -2.25. The highest BCUT2D eigenvalue weighted by molar-refractivity contribution is 7.21. The molecular formula is C27H13F8NOS. The van der Waals surface area contributed by atoms with Crippen molar-refractivity contribution in [1.82, 2.24) is 4.98 Å². The quantitative estimate of drug-likeness (QED) is 0.161. The first-order chi connectivity index (χ1) is 17.9. The van der Waals surface area contributed by atoms with E-state index in [0.717, 1.165) is 47.7 Å². The van der Waals surface area contributed by atoms with Crippen LogP contribution in [0.2, 0.25) is 0 Å². The number of benzene rings is 4. The molecule has 0 N–H and O–H groups in total. The van der Waals surface area contributed by atoms with Crippen LogP contribution in [-0.4, -0.2) is 4.98 Å². The zero-order valence-corrected chi connectivity index (χ0v) is 19.9. The zero-order valence-electron chi connectivity index (χ0n) is 19.1. The van der Waals surface area contributed by atoms with Crippen LogP contribution in [0.3, 0.4) is 0 Å². The third kappa shape index (κ3) is 4.69. The molecule has 0 spiro atoms. The summed E-state index contributed by atoms with van der Waals surface area (Å²) in [5, 5.41) is 0.192. The molecule has 0 unspecified atom stereocenters. The first kappa shape index (κ1) is 25.7. The number of rotatable bonds is 5.